The van der Waals surface area contributed by atoms with E-state index >= 15 is 0 Å². The molecule has 0 saturated carbocycles. The minimum absolute atomic E-state index is 0.148. The van der Waals surface area contributed by atoms with E-state index in [2.05, 4.69) is 0 Å². The molecule has 1 aromatic carbocycles. The molecule has 0 aliphatic heterocycles. The van der Waals surface area contributed by atoms with Crippen molar-refractivity contribution in [3.8, 4) is 11.6 Å². The van der Waals surface area contributed by atoms with Crippen molar-refractivity contribution >= 4 is 58.4 Å². The van der Waals surface area contributed by atoms with Crippen molar-refractivity contribution in [3.05, 3.63) is 44.9 Å². The van der Waals surface area contributed by atoms with Crippen molar-refractivity contribution in [2.24, 2.45) is 0 Å². The number of halogens is 5. The highest BCUT2D eigenvalue weighted by Crippen LogP contribution is 2.37. The lowest BCUT2D eigenvalue weighted by Crippen LogP contribution is -2.22. The maximum absolute atomic E-state index is 13.1. The quantitative estimate of drug-likeness (QED) is 0.815. The molecule has 1 aromatic heterocycles. The van der Waals surface area contributed by atoms with Crippen LogP contribution in [0.15, 0.2) is 29.2 Å². The van der Waals surface area contributed by atoms with E-state index in [0.29, 0.717) is 5.02 Å². The van der Waals surface area contributed by atoms with Crippen LogP contribution >= 0.6 is 58.4 Å². The van der Waals surface area contributed by atoms with Gasteiger partial charge in [0, 0.05) is 17.0 Å². The van der Waals surface area contributed by atoms with Crippen LogP contribution in [0.1, 0.15) is 0 Å². The summed E-state index contributed by atoms with van der Waals surface area (Å²) in [5.41, 5.74) is -0.644. The number of nitrogens with zero attached hydrogens (tertiary/aromatic N) is 2. The Balaban J connectivity index is 2.59. The highest BCUT2D eigenvalue weighted by molar-refractivity contribution is 8.01. The fraction of sp³-hybridized carbons (Fsp3) is 0.100. The summed E-state index contributed by atoms with van der Waals surface area (Å²) in [4.78, 5) is 12.1. The Kier molecular flexibility index (Phi) is 4.51. The lowest BCUT2D eigenvalue weighted by atomic mass is 10.3. The number of rotatable bonds is 3. The van der Waals surface area contributed by atoms with Gasteiger partial charge in [-0.2, -0.15) is 4.39 Å². The van der Waals surface area contributed by atoms with Crippen LogP contribution in [-0.2, 0) is 0 Å². The fourth-order valence-electron chi connectivity index (χ4n) is 1.47. The Morgan fingerprint density at radius 3 is 2.55 bits per heavy atom. The summed E-state index contributed by atoms with van der Waals surface area (Å²) in [6.07, 6.45) is 0.962. The molecule has 108 valence electrons. The van der Waals surface area contributed by atoms with E-state index in [1.807, 2.05) is 0 Å². The van der Waals surface area contributed by atoms with Gasteiger partial charge in [0.05, 0.1) is 16.9 Å². The van der Waals surface area contributed by atoms with Crippen molar-refractivity contribution < 1.29 is 9.50 Å². The maximum atomic E-state index is 13.1. The Labute approximate surface area is 136 Å². The Morgan fingerprint density at radius 1 is 1.30 bits per heavy atom. The van der Waals surface area contributed by atoms with E-state index in [9.17, 15) is 14.3 Å². The van der Waals surface area contributed by atoms with Crippen LogP contribution in [0.2, 0.25) is 10.0 Å². The molecule has 0 atom stereocenters. The molecular weight excluding hydrogens is 373 g/mol. The van der Waals surface area contributed by atoms with Crippen LogP contribution < -0.4 is 5.69 Å². The van der Waals surface area contributed by atoms with Gasteiger partial charge in [0.2, 0.25) is 5.88 Å². The minimum atomic E-state index is -2.72. The first kappa shape index (κ1) is 15.9. The largest absolute Gasteiger partial charge is 0.493 e. The van der Waals surface area contributed by atoms with Gasteiger partial charge in [-0.3, -0.25) is 0 Å². The van der Waals surface area contributed by atoms with E-state index < -0.39 is 15.5 Å². The molecule has 2 rings (SSSR count). The average molecular weight is 378 g/mol. The number of aromatic hydroxyl groups is 1. The van der Waals surface area contributed by atoms with Gasteiger partial charge in [-0.15, -0.1) is 0 Å². The molecule has 20 heavy (non-hydrogen) atoms. The Morgan fingerprint density at radius 2 is 1.95 bits per heavy atom. The smallest absolute Gasteiger partial charge is 0.346 e. The number of hydrogen-bond acceptors (Lipinski definition) is 3. The molecule has 2 aromatic rings. The van der Waals surface area contributed by atoms with Crippen LogP contribution in [-0.4, -0.2) is 17.6 Å². The summed E-state index contributed by atoms with van der Waals surface area (Å²) in [5.74, 6) is -0.468. The van der Waals surface area contributed by atoms with E-state index in [4.69, 9.17) is 46.4 Å². The van der Waals surface area contributed by atoms with Gasteiger partial charge in [-0.1, -0.05) is 46.4 Å². The number of benzene rings is 1. The molecule has 0 aliphatic rings. The van der Waals surface area contributed by atoms with Gasteiger partial charge in [0.15, 0.2) is 0 Å². The molecule has 10 heteroatoms. The molecule has 0 fully saturated rings. The van der Waals surface area contributed by atoms with Crippen LogP contribution in [0.5, 0.6) is 5.88 Å². The molecule has 0 amide bonds. The van der Waals surface area contributed by atoms with Crippen molar-refractivity contribution in [2.75, 3.05) is 0 Å². The van der Waals surface area contributed by atoms with Crippen LogP contribution in [0.25, 0.3) is 5.69 Å². The molecule has 0 unspecified atom stereocenters. The monoisotopic (exact) mass is 376 g/mol. The van der Waals surface area contributed by atoms with E-state index in [1.54, 1.807) is 0 Å². The Hall–Kier alpha value is -0.530. The first-order valence-electron chi connectivity index (χ1n) is 4.94. The molecule has 1 heterocycles. The van der Waals surface area contributed by atoms with Crippen LogP contribution in [0, 0.1) is 0 Å². The number of imidazole rings is 1. The first-order chi connectivity index (χ1) is 9.19. The zero-order chi connectivity index (χ0) is 15.1. The predicted molar refractivity (Wildman–Crippen MR) is 80.2 cm³/mol. The highest BCUT2D eigenvalue weighted by Gasteiger charge is 2.27. The van der Waals surface area contributed by atoms with Gasteiger partial charge in [0.25, 0.3) is 0 Å². The standard InChI is InChI=1S/C10H5Cl4FN2O2S/c11-5-1-2-6(12)7(3-5)17-8(18)4-16(9(17)19)20-10(13,14)15/h1-4,18H. The second-order valence-corrected chi connectivity index (χ2v) is 7.23. The molecule has 0 spiro atoms. The third-order valence-corrected chi connectivity index (χ3v) is 3.83. The lowest BCUT2D eigenvalue weighted by Gasteiger charge is -2.07. The van der Waals surface area contributed by atoms with E-state index in [-0.39, 0.29) is 22.7 Å². The van der Waals surface area contributed by atoms with Gasteiger partial charge in [-0.05, 0) is 18.2 Å². The SMILES string of the molecule is O=c1n(SC(F)(Cl)Cl)cc(O)n1-c1cc(Cl)ccc1Cl. The van der Waals surface area contributed by atoms with Gasteiger partial charge < -0.3 is 5.11 Å². The van der Waals surface area contributed by atoms with Gasteiger partial charge >= 0.3 is 9.61 Å². The molecule has 1 N–H and O–H groups in total. The van der Waals surface area contributed by atoms with E-state index in [1.165, 1.54) is 18.2 Å². The van der Waals surface area contributed by atoms with E-state index in [0.717, 1.165) is 14.7 Å². The summed E-state index contributed by atoms with van der Waals surface area (Å²) in [7, 11) is 0. The predicted octanol–water partition coefficient (Wildman–Crippen LogP) is 4.21. The second-order valence-electron chi connectivity index (χ2n) is 3.56. The lowest BCUT2D eigenvalue weighted by molar-refractivity contribution is 0.441. The summed E-state index contributed by atoms with van der Waals surface area (Å²) in [6.45, 7) is 0. The molecule has 0 aliphatic carbocycles. The third-order valence-electron chi connectivity index (χ3n) is 2.19. The van der Waals surface area contributed by atoms with Crippen molar-refractivity contribution in [2.45, 2.75) is 3.92 Å². The number of alkyl halides is 3. The summed E-state index contributed by atoms with van der Waals surface area (Å²) in [5, 5.41) is 10.3. The number of hydrogen-bond donors (Lipinski definition) is 1. The van der Waals surface area contributed by atoms with Gasteiger partial charge in [-0.25, -0.2) is 13.3 Å². The normalized spacial score (nSPS) is 11.8. The topological polar surface area (TPSA) is 47.2 Å². The summed E-state index contributed by atoms with van der Waals surface area (Å²) < 4.78 is 12.0. The first-order valence-corrected chi connectivity index (χ1v) is 7.22. The van der Waals surface area contributed by atoms with Crippen LogP contribution in [0.3, 0.4) is 0 Å². The summed E-state index contributed by atoms with van der Waals surface area (Å²) >= 11 is 22.3. The molecule has 0 bridgehead atoms. The van der Waals surface area contributed by atoms with Gasteiger partial charge in [0.1, 0.15) is 0 Å². The van der Waals surface area contributed by atoms with Crippen molar-refractivity contribution in [1.29, 1.82) is 0 Å². The number of aromatic nitrogens is 2. The molecule has 0 radical (unpaired) electrons. The average Bonchev–Trinajstić information content (AvgIpc) is 2.56. The van der Waals surface area contributed by atoms with Crippen LogP contribution in [0.4, 0.5) is 4.39 Å². The molecular formula is C10H5Cl4FN2O2S. The van der Waals surface area contributed by atoms with Crippen molar-refractivity contribution in [1.82, 2.24) is 8.54 Å². The minimum Gasteiger partial charge on any atom is -0.493 e. The maximum Gasteiger partial charge on any atom is 0.346 e. The Bertz CT molecular complexity index is 710. The third kappa shape index (κ3) is 3.38. The zero-order valence-electron chi connectivity index (χ0n) is 9.36. The molecule has 4 nitrogen and oxygen atoms in total. The highest BCUT2D eigenvalue weighted by atomic mass is 35.5. The second kappa shape index (κ2) is 5.69. The zero-order valence-corrected chi connectivity index (χ0v) is 13.2. The fourth-order valence-corrected chi connectivity index (χ4v) is 2.82. The van der Waals surface area contributed by atoms with Crippen molar-refractivity contribution in [3.63, 3.8) is 0 Å². The summed E-state index contributed by atoms with van der Waals surface area (Å²) in [6, 6.07) is 4.35. The molecule has 0 saturated heterocycles.